The standard InChI is InChI=1S/C20H18F3N5O/c1-12-16(10-13-6-3-2-4-7-13)17(29)27-19(25-12)28-18(24)26-15-9-5-8-14(11-15)20(21,22)23/h2-9,11H,10H2,1H3,(H4,24,25,26,27,28,29). The number of hydrogen-bond acceptors (Lipinski definition) is 3. The van der Waals surface area contributed by atoms with Gasteiger partial charge in [-0.05, 0) is 30.7 Å². The number of aromatic amines is 1. The van der Waals surface area contributed by atoms with Crippen molar-refractivity contribution in [2.45, 2.75) is 19.5 Å². The maximum atomic E-state index is 12.8. The lowest BCUT2D eigenvalue weighted by molar-refractivity contribution is -0.137. The second kappa shape index (κ2) is 8.17. The van der Waals surface area contributed by atoms with Crippen LogP contribution in [0.5, 0.6) is 0 Å². The molecule has 1 heterocycles. The number of hydrogen-bond donors (Lipinski definition) is 3. The van der Waals surface area contributed by atoms with Gasteiger partial charge in [-0.25, -0.2) is 4.98 Å². The maximum absolute atomic E-state index is 12.8. The van der Waals surface area contributed by atoms with Gasteiger partial charge in [0.25, 0.3) is 5.56 Å². The third-order valence-corrected chi connectivity index (χ3v) is 4.12. The molecule has 2 aromatic carbocycles. The van der Waals surface area contributed by atoms with Gasteiger partial charge in [-0.1, -0.05) is 36.4 Å². The SMILES string of the molecule is Cc1nc(/N=C(\N)Nc2cccc(C(F)(F)F)c2)[nH]c(=O)c1Cc1ccccc1. The molecular formula is C20H18F3N5O. The molecule has 0 saturated carbocycles. The van der Waals surface area contributed by atoms with Crippen molar-refractivity contribution in [1.29, 1.82) is 0 Å². The van der Waals surface area contributed by atoms with Gasteiger partial charge in [0, 0.05) is 17.7 Å². The van der Waals surface area contributed by atoms with Gasteiger partial charge in [0.1, 0.15) is 0 Å². The molecule has 4 N–H and O–H groups in total. The number of H-pyrrole nitrogens is 1. The average molecular weight is 401 g/mol. The van der Waals surface area contributed by atoms with Gasteiger partial charge in [-0.15, -0.1) is 0 Å². The van der Waals surface area contributed by atoms with E-state index in [9.17, 15) is 18.0 Å². The number of benzene rings is 2. The lowest BCUT2D eigenvalue weighted by Gasteiger charge is -2.10. The molecule has 6 nitrogen and oxygen atoms in total. The first-order valence-corrected chi connectivity index (χ1v) is 8.64. The summed E-state index contributed by atoms with van der Waals surface area (Å²) in [6.45, 7) is 1.68. The van der Waals surface area contributed by atoms with Crippen LogP contribution in [0.1, 0.15) is 22.4 Å². The molecule has 29 heavy (non-hydrogen) atoms. The van der Waals surface area contributed by atoms with Gasteiger partial charge in [-0.3, -0.25) is 9.78 Å². The van der Waals surface area contributed by atoms with Crippen molar-refractivity contribution in [1.82, 2.24) is 9.97 Å². The second-order valence-corrected chi connectivity index (χ2v) is 6.32. The largest absolute Gasteiger partial charge is 0.416 e. The Morgan fingerprint density at radius 1 is 1.17 bits per heavy atom. The predicted molar refractivity (Wildman–Crippen MR) is 105 cm³/mol. The van der Waals surface area contributed by atoms with E-state index in [2.05, 4.69) is 20.3 Å². The van der Waals surface area contributed by atoms with Crippen molar-refractivity contribution in [3.8, 4) is 0 Å². The third-order valence-electron chi connectivity index (χ3n) is 4.12. The van der Waals surface area contributed by atoms with Gasteiger partial charge >= 0.3 is 6.18 Å². The molecule has 150 valence electrons. The van der Waals surface area contributed by atoms with Gasteiger partial charge in [0.15, 0.2) is 0 Å². The van der Waals surface area contributed by atoms with Crippen molar-refractivity contribution < 1.29 is 13.2 Å². The highest BCUT2D eigenvalue weighted by atomic mass is 19.4. The molecule has 0 aliphatic heterocycles. The van der Waals surface area contributed by atoms with Crippen LogP contribution in [-0.2, 0) is 12.6 Å². The maximum Gasteiger partial charge on any atom is 0.416 e. The van der Waals surface area contributed by atoms with Gasteiger partial charge in [-0.2, -0.15) is 18.2 Å². The summed E-state index contributed by atoms with van der Waals surface area (Å²) in [7, 11) is 0. The molecule has 0 unspecified atom stereocenters. The van der Waals surface area contributed by atoms with E-state index in [0.29, 0.717) is 17.7 Å². The predicted octanol–water partition coefficient (Wildman–Crippen LogP) is 3.75. The van der Waals surface area contributed by atoms with Crippen molar-refractivity contribution in [3.05, 3.63) is 87.3 Å². The Balaban J connectivity index is 1.80. The van der Waals surface area contributed by atoms with Crippen molar-refractivity contribution >= 4 is 17.6 Å². The number of nitrogens with one attached hydrogen (secondary N) is 2. The number of nitrogens with zero attached hydrogens (tertiary/aromatic N) is 2. The number of alkyl halides is 3. The molecule has 0 radical (unpaired) electrons. The molecule has 0 spiro atoms. The summed E-state index contributed by atoms with van der Waals surface area (Å²) in [5.41, 5.74) is 6.65. The van der Waals surface area contributed by atoms with Crippen LogP contribution in [0.15, 0.2) is 64.4 Å². The van der Waals surface area contributed by atoms with E-state index < -0.39 is 11.7 Å². The summed E-state index contributed by atoms with van der Waals surface area (Å²) in [5, 5.41) is 2.56. The quantitative estimate of drug-likeness (QED) is 0.458. The lowest BCUT2D eigenvalue weighted by Crippen LogP contribution is -2.23. The van der Waals surface area contributed by atoms with Crippen LogP contribution in [0.3, 0.4) is 0 Å². The first-order chi connectivity index (χ1) is 13.7. The minimum atomic E-state index is -4.47. The molecule has 0 atom stereocenters. The fourth-order valence-corrected chi connectivity index (χ4v) is 2.72. The number of rotatable bonds is 4. The minimum absolute atomic E-state index is 0.0405. The minimum Gasteiger partial charge on any atom is -0.369 e. The lowest BCUT2D eigenvalue weighted by atomic mass is 10.1. The third kappa shape index (κ3) is 5.22. The van der Waals surface area contributed by atoms with Crippen LogP contribution in [0.25, 0.3) is 0 Å². The zero-order valence-corrected chi connectivity index (χ0v) is 15.4. The first kappa shape index (κ1) is 20.1. The molecule has 0 saturated heterocycles. The number of aliphatic imine (C=N–C) groups is 1. The normalized spacial score (nSPS) is 12.1. The molecule has 0 fully saturated rings. The van der Waals surface area contributed by atoms with Crippen molar-refractivity contribution in [3.63, 3.8) is 0 Å². The zero-order valence-electron chi connectivity index (χ0n) is 15.4. The molecule has 0 bridgehead atoms. The van der Waals surface area contributed by atoms with Crippen LogP contribution in [-0.4, -0.2) is 15.9 Å². The Morgan fingerprint density at radius 3 is 2.55 bits per heavy atom. The zero-order chi connectivity index (χ0) is 21.0. The van der Waals surface area contributed by atoms with E-state index in [4.69, 9.17) is 5.73 Å². The number of anilines is 1. The first-order valence-electron chi connectivity index (χ1n) is 8.64. The highest BCUT2D eigenvalue weighted by molar-refractivity contribution is 5.93. The number of nitrogens with two attached hydrogens (primary N) is 1. The highest BCUT2D eigenvalue weighted by Gasteiger charge is 2.30. The molecule has 3 rings (SSSR count). The topological polar surface area (TPSA) is 96.2 Å². The summed E-state index contributed by atoms with van der Waals surface area (Å²) in [6, 6.07) is 14.0. The molecule has 9 heteroatoms. The molecule has 0 aliphatic carbocycles. The fraction of sp³-hybridized carbons (Fsp3) is 0.150. The van der Waals surface area contributed by atoms with Crippen LogP contribution in [0.2, 0.25) is 0 Å². The Labute approximate surface area is 164 Å². The Kier molecular flexibility index (Phi) is 5.67. The van der Waals surface area contributed by atoms with Crippen molar-refractivity contribution in [2.24, 2.45) is 10.7 Å². The summed E-state index contributed by atoms with van der Waals surface area (Å²) >= 11 is 0. The number of guanidine groups is 1. The average Bonchev–Trinajstić information content (AvgIpc) is 2.65. The van der Waals surface area contributed by atoms with Gasteiger partial charge in [0.05, 0.1) is 11.3 Å². The summed E-state index contributed by atoms with van der Waals surface area (Å²) in [6.07, 6.45) is -4.06. The van der Waals surface area contributed by atoms with E-state index in [-0.39, 0.29) is 23.2 Å². The van der Waals surface area contributed by atoms with E-state index >= 15 is 0 Å². The molecule has 0 aliphatic rings. The van der Waals surface area contributed by atoms with E-state index in [0.717, 1.165) is 17.7 Å². The Hall–Kier alpha value is -3.62. The monoisotopic (exact) mass is 401 g/mol. The number of halogens is 3. The number of aryl methyl sites for hydroxylation is 1. The van der Waals surface area contributed by atoms with Gasteiger partial charge in [0.2, 0.25) is 11.9 Å². The van der Waals surface area contributed by atoms with Gasteiger partial charge < -0.3 is 11.1 Å². The fourth-order valence-electron chi connectivity index (χ4n) is 2.72. The van der Waals surface area contributed by atoms with E-state index in [1.54, 1.807) is 6.92 Å². The van der Waals surface area contributed by atoms with Crippen LogP contribution in [0.4, 0.5) is 24.8 Å². The molecule has 3 aromatic rings. The molecule has 0 amide bonds. The summed E-state index contributed by atoms with van der Waals surface area (Å²) in [4.78, 5) is 23.1. The van der Waals surface area contributed by atoms with Crippen LogP contribution in [0, 0.1) is 6.92 Å². The van der Waals surface area contributed by atoms with Crippen LogP contribution < -0.4 is 16.6 Å². The van der Waals surface area contributed by atoms with Crippen LogP contribution >= 0.6 is 0 Å². The van der Waals surface area contributed by atoms with E-state index in [1.165, 1.54) is 12.1 Å². The smallest absolute Gasteiger partial charge is 0.369 e. The Bertz CT molecular complexity index is 1090. The molecular weight excluding hydrogens is 383 g/mol. The Morgan fingerprint density at radius 2 is 1.90 bits per heavy atom. The summed E-state index contributed by atoms with van der Waals surface area (Å²) < 4.78 is 38.4. The van der Waals surface area contributed by atoms with E-state index in [1.807, 2.05) is 30.3 Å². The second-order valence-electron chi connectivity index (χ2n) is 6.32. The number of aromatic nitrogens is 2. The summed E-state index contributed by atoms with van der Waals surface area (Å²) in [5.74, 6) is -0.246. The highest BCUT2D eigenvalue weighted by Crippen LogP contribution is 2.30. The molecule has 1 aromatic heterocycles. The van der Waals surface area contributed by atoms with Crippen molar-refractivity contribution in [2.75, 3.05) is 5.32 Å².